The highest BCUT2D eigenvalue weighted by atomic mass is 16.5. The number of anilines is 1. The minimum atomic E-state index is 0.507. The number of nitrogens with two attached hydrogens (primary N) is 1. The summed E-state index contributed by atoms with van der Waals surface area (Å²) in [5, 5.41) is 3.07. The van der Waals surface area contributed by atoms with E-state index in [9.17, 15) is 0 Å². The molecule has 100 valence electrons. The second kappa shape index (κ2) is 7.39. The van der Waals surface area contributed by atoms with Crippen LogP contribution in [0.2, 0.25) is 0 Å². The van der Waals surface area contributed by atoms with Gasteiger partial charge in [-0.05, 0) is 6.42 Å². The van der Waals surface area contributed by atoms with E-state index in [1.165, 1.54) is 0 Å². The van der Waals surface area contributed by atoms with Crippen molar-refractivity contribution in [2.75, 3.05) is 26.1 Å². The summed E-state index contributed by atoms with van der Waals surface area (Å²) in [6.45, 7) is 2.75. The first-order valence-electron chi connectivity index (χ1n) is 5.74. The van der Waals surface area contributed by atoms with E-state index in [0.29, 0.717) is 24.0 Å². The Morgan fingerprint density at radius 2 is 1.83 bits per heavy atom. The quantitative estimate of drug-likeness (QED) is 0.319. The van der Waals surface area contributed by atoms with Gasteiger partial charge in [-0.1, -0.05) is 6.92 Å². The second-order valence-electron chi connectivity index (χ2n) is 3.60. The van der Waals surface area contributed by atoms with Gasteiger partial charge < -0.3 is 14.8 Å². The molecule has 0 aliphatic rings. The number of guanidine groups is 1. The Morgan fingerprint density at radius 3 is 2.28 bits per heavy atom. The highest BCUT2D eigenvalue weighted by Crippen LogP contribution is 2.25. The molecule has 0 aromatic heterocycles. The maximum Gasteiger partial charge on any atom is 0.210 e. The largest absolute Gasteiger partial charge is 0.497 e. The smallest absolute Gasteiger partial charge is 0.210 e. The number of nitrogens with one attached hydrogen (secondary N) is 2. The first kappa shape index (κ1) is 14.1. The molecule has 1 aromatic rings. The Balaban J connectivity index is 2.87. The zero-order valence-electron chi connectivity index (χ0n) is 11.0. The minimum Gasteiger partial charge on any atom is -0.497 e. The molecule has 0 radical (unpaired) electrons. The Bertz CT molecular complexity index is 385. The predicted molar refractivity (Wildman–Crippen MR) is 73.1 cm³/mol. The average molecular weight is 252 g/mol. The molecule has 0 spiro atoms. The molecule has 0 fully saturated rings. The van der Waals surface area contributed by atoms with Gasteiger partial charge in [-0.3, -0.25) is 10.4 Å². The van der Waals surface area contributed by atoms with Gasteiger partial charge >= 0.3 is 0 Å². The second-order valence-corrected chi connectivity index (χ2v) is 3.60. The van der Waals surface area contributed by atoms with Crippen molar-refractivity contribution >= 4 is 11.6 Å². The van der Waals surface area contributed by atoms with Crippen molar-refractivity contribution < 1.29 is 9.47 Å². The van der Waals surface area contributed by atoms with Gasteiger partial charge in [0.15, 0.2) is 0 Å². The van der Waals surface area contributed by atoms with E-state index in [1.807, 2.05) is 19.1 Å². The molecule has 0 amide bonds. The third-order valence-electron chi connectivity index (χ3n) is 2.24. The van der Waals surface area contributed by atoms with Crippen LogP contribution in [0, 0.1) is 0 Å². The predicted octanol–water partition coefficient (Wildman–Crippen LogP) is 1.34. The lowest BCUT2D eigenvalue weighted by molar-refractivity contribution is 0.395. The van der Waals surface area contributed by atoms with E-state index < -0.39 is 0 Å². The summed E-state index contributed by atoms with van der Waals surface area (Å²) in [4.78, 5) is 4.25. The van der Waals surface area contributed by atoms with Gasteiger partial charge in [0.25, 0.3) is 0 Å². The normalized spacial score (nSPS) is 11.0. The summed E-state index contributed by atoms with van der Waals surface area (Å²) >= 11 is 0. The van der Waals surface area contributed by atoms with Crippen LogP contribution in [-0.4, -0.2) is 26.7 Å². The number of nitrogens with zero attached hydrogens (tertiary/aromatic N) is 1. The summed E-state index contributed by atoms with van der Waals surface area (Å²) in [6, 6.07) is 5.46. The van der Waals surface area contributed by atoms with E-state index in [2.05, 4.69) is 15.7 Å². The Hall–Kier alpha value is -1.95. The third kappa shape index (κ3) is 4.14. The molecule has 0 unspecified atom stereocenters. The minimum absolute atomic E-state index is 0.507. The zero-order chi connectivity index (χ0) is 13.4. The molecule has 0 aliphatic carbocycles. The van der Waals surface area contributed by atoms with Crippen LogP contribution >= 0.6 is 0 Å². The highest BCUT2D eigenvalue weighted by molar-refractivity contribution is 5.93. The zero-order valence-corrected chi connectivity index (χ0v) is 11.0. The average Bonchev–Trinajstić information content (AvgIpc) is 2.42. The number of hydrogen-bond acceptors (Lipinski definition) is 4. The lowest BCUT2D eigenvalue weighted by atomic mass is 10.3. The number of hydrazine groups is 1. The lowest BCUT2D eigenvalue weighted by Gasteiger charge is -2.12. The molecular weight excluding hydrogens is 232 g/mol. The van der Waals surface area contributed by atoms with Crippen LogP contribution < -0.4 is 26.1 Å². The number of benzene rings is 1. The molecule has 0 atom stereocenters. The molecule has 6 nitrogen and oxygen atoms in total. The molecule has 1 rings (SSSR count). The van der Waals surface area contributed by atoms with Gasteiger partial charge in [-0.15, -0.1) is 0 Å². The molecule has 6 heteroatoms. The SMILES string of the molecule is CCCN=C(NN)Nc1cc(OC)cc(OC)c1. The molecule has 0 saturated carbocycles. The van der Waals surface area contributed by atoms with Crippen molar-refractivity contribution in [2.45, 2.75) is 13.3 Å². The number of hydrogen-bond donors (Lipinski definition) is 3. The van der Waals surface area contributed by atoms with Crippen LogP contribution in [0.1, 0.15) is 13.3 Å². The first-order chi connectivity index (χ1) is 8.73. The Kier molecular flexibility index (Phi) is 5.79. The van der Waals surface area contributed by atoms with Crippen molar-refractivity contribution in [3.63, 3.8) is 0 Å². The van der Waals surface area contributed by atoms with Gasteiger partial charge in [0.1, 0.15) is 11.5 Å². The molecule has 0 bridgehead atoms. The van der Waals surface area contributed by atoms with Crippen molar-refractivity contribution in [2.24, 2.45) is 10.8 Å². The van der Waals surface area contributed by atoms with Crippen LogP contribution in [0.5, 0.6) is 11.5 Å². The fourth-order valence-electron chi connectivity index (χ4n) is 1.36. The number of aliphatic imine (C=N–C) groups is 1. The van der Waals surface area contributed by atoms with Gasteiger partial charge in [0, 0.05) is 30.4 Å². The topological polar surface area (TPSA) is 80.9 Å². The Labute approximate surface area is 107 Å². The van der Waals surface area contributed by atoms with Crippen molar-refractivity contribution in [1.82, 2.24) is 5.43 Å². The van der Waals surface area contributed by atoms with Gasteiger partial charge in [-0.25, -0.2) is 5.84 Å². The van der Waals surface area contributed by atoms with Crippen LogP contribution in [-0.2, 0) is 0 Å². The van der Waals surface area contributed by atoms with Gasteiger partial charge in [-0.2, -0.15) is 0 Å². The van der Waals surface area contributed by atoms with Crippen molar-refractivity contribution in [3.8, 4) is 11.5 Å². The summed E-state index contributed by atoms with van der Waals surface area (Å²) < 4.78 is 10.4. The summed E-state index contributed by atoms with van der Waals surface area (Å²) in [5.41, 5.74) is 3.31. The lowest BCUT2D eigenvalue weighted by Crippen LogP contribution is -2.36. The van der Waals surface area contributed by atoms with Crippen LogP contribution in [0.25, 0.3) is 0 Å². The summed E-state index contributed by atoms with van der Waals surface area (Å²) in [5.74, 6) is 7.30. The van der Waals surface area contributed by atoms with E-state index in [1.54, 1.807) is 20.3 Å². The monoisotopic (exact) mass is 252 g/mol. The molecule has 18 heavy (non-hydrogen) atoms. The summed E-state index contributed by atoms with van der Waals surface area (Å²) in [6.07, 6.45) is 0.953. The fourth-order valence-corrected chi connectivity index (χ4v) is 1.36. The first-order valence-corrected chi connectivity index (χ1v) is 5.74. The van der Waals surface area contributed by atoms with E-state index in [-0.39, 0.29) is 0 Å². The molecule has 0 aliphatic heterocycles. The molecule has 1 aromatic carbocycles. The van der Waals surface area contributed by atoms with E-state index in [4.69, 9.17) is 15.3 Å². The molecule has 0 saturated heterocycles. The third-order valence-corrected chi connectivity index (χ3v) is 2.24. The van der Waals surface area contributed by atoms with Crippen molar-refractivity contribution in [3.05, 3.63) is 18.2 Å². The number of methoxy groups -OCH3 is 2. The molecular formula is C12H20N4O2. The highest BCUT2D eigenvalue weighted by Gasteiger charge is 2.03. The van der Waals surface area contributed by atoms with Crippen LogP contribution in [0.3, 0.4) is 0 Å². The van der Waals surface area contributed by atoms with Crippen LogP contribution in [0.15, 0.2) is 23.2 Å². The van der Waals surface area contributed by atoms with Crippen molar-refractivity contribution in [1.29, 1.82) is 0 Å². The van der Waals surface area contributed by atoms with Crippen LogP contribution in [0.4, 0.5) is 5.69 Å². The van der Waals surface area contributed by atoms with Gasteiger partial charge in [0.05, 0.1) is 14.2 Å². The standard InChI is InChI=1S/C12H20N4O2/c1-4-5-14-12(16-13)15-9-6-10(17-2)8-11(7-9)18-3/h6-8H,4-5,13H2,1-3H3,(H2,14,15,16). The van der Waals surface area contributed by atoms with E-state index in [0.717, 1.165) is 12.1 Å². The maximum absolute atomic E-state index is 5.40. The molecule has 4 N–H and O–H groups in total. The maximum atomic E-state index is 5.40. The van der Waals surface area contributed by atoms with E-state index >= 15 is 0 Å². The number of rotatable bonds is 5. The summed E-state index contributed by atoms with van der Waals surface area (Å²) in [7, 11) is 3.21. The Morgan fingerprint density at radius 1 is 1.22 bits per heavy atom. The van der Waals surface area contributed by atoms with Gasteiger partial charge in [0.2, 0.25) is 5.96 Å². The molecule has 0 heterocycles. The fraction of sp³-hybridized carbons (Fsp3) is 0.417. The number of ether oxygens (including phenoxy) is 2.